The molecule has 0 atom stereocenters. The van der Waals surface area contributed by atoms with E-state index in [2.05, 4.69) is 20.4 Å². The van der Waals surface area contributed by atoms with E-state index in [0.717, 1.165) is 5.39 Å². The van der Waals surface area contributed by atoms with Gasteiger partial charge in [0, 0.05) is 19.2 Å². The molecule has 0 fully saturated rings. The second kappa shape index (κ2) is 4.82. The van der Waals surface area contributed by atoms with Crippen LogP contribution >= 0.6 is 0 Å². The van der Waals surface area contributed by atoms with E-state index in [1.54, 1.807) is 37.0 Å². The van der Waals surface area contributed by atoms with Crippen molar-refractivity contribution in [2.45, 2.75) is 6.92 Å². The van der Waals surface area contributed by atoms with Crippen molar-refractivity contribution in [3.8, 4) is 5.69 Å². The second-order valence-corrected chi connectivity index (χ2v) is 4.44. The number of hydrogen-bond acceptors (Lipinski definition) is 6. The summed E-state index contributed by atoms with van der Waals surface area (Å²) in [6.45, 7) is 1.78. The number of nitro groups is 1. The highest BCUT2D eigenvalue weighted by molar-refractivity contribution is 5.87. The first-order chi connectivity index (χ1) is 10.1. The maximum atomic E-state index is 10.9. The topological polar surface area (TPSA) is 98.8 Å². The molecule has 0 spiro atoms. The Bertz CT molecular complexity index is 842. The van der Waals surface area contributed by atoms with Gasteiger partial charge in [-0.25, -0.2) is 14.6 Å². The highest BCUT2D eigenvalue weighted by Crippen LogP contribution is 2.24. The molecule has 2 heterocycles. The number of benzene rings is 1. The van der Waals surface area contributed by atoms with Crippen molar-refractivity contribution in [1.29, 1.82) is 0 Å². The molecule has 0 unspecified atom stereocenters. The Hall–Kier alpha value is -3.03. The Morgan fingerprint density at radius 2 is 2.14 bits per heavy atom. The van der Waals surface area contributed by atoms with E-state index < -0.39 is 4.92 Å². The number of rotatable bonds is 3. The van der Waals surface area contributed by atoms with Crippen LogP contribution in [-0.4, -0.2) is 31.7 Å². The highest BCUT2D eigenvalue weighted by atomic mass is 16.6. The number of fused-ring (bicyclic) bond motifs is 1. The minimum absolute atomic E-state index is 0.00997. The summed E-state index contributed by atoms with van der Waals surface area (Å²) in [4.78, 5) is 19.1. The van der Waals surface area contributed by atoms with Gasteiger partial charge in [-0.3, -0.25) is 10.1 Å². The van der Waals surface area contributed by atoms with Gasteiger partial charge in [0.2, 0.25) is 0 Å². The average Bonchev–Trinajstić information content (AvgIpc) is 2.90. The number of nitro benzene ring substituents is 1. The lowest BCUT2D eigenvalue weighted by atomic mass is 10.3. The van der Waals surface area contributed by atoms with Crippen LogP contribution in [0.4, 0.5) is 11.5 Å². The first kappa shape index (κ1) is 13.0. The highest BCUT2D eigenvalue weighted by Gasteiger charge is 2.14. The lowest BCUT2D eigenvalue weighted by Crippen LogP contribution is -2.02. The van der Waals surface area contributed by atoms with Crippen LogP contribution < -0.4 is 5.32 Å². The van der Waals surface area contributed by atoms with Gasteiger partial charge in [0.05, 0.1) is 22.2 Å². The van der Waals surface area contributed by atoms with Crippen molar-refractivity contribution in [2.24, 2.45) is 0 Å². The molecule has 0 saturated heterocycles. The van der Waals surface area contributed by atoms with E-state index in [1.807, 2.05) is 0 Å². The smallest absolute Gasteiger partial charge is 0.271 e. The summed E-state index contributed by atoms with van der Waals surface area (Å²) >= 11 is 0. The second-order valence-electron chi connectivity index (χ2n) is 4.44. The first-order valence-corrected chi connectivity index (χ1v) is 6.25. The third-order valence-electron chi connectivity index (χ3n) is 3.06. The molecule has 0 bridgehead atoms. The van der Waals surface area contributed by atoms with Gasteiger partial charge < -0.3 is 5.32 Å². The predicted octanol–water partition coefficient (Wildman–Crippen LogP) is 2.07. The standard InChI is InChI=1S/C13H12N6O2/c1-8-16-12(14-2)11-7-15-18(13(11)17-8)9-4-3-5-10(6-9)19(20)21/h3-7H,1-2H3,(H,14,16,17). The van der Waals surface area contributed by atoms with Crippen molar-refractivity contribution in [2.75, 3.05) is 12.4 Å². The lowest BCUT2D eigenvalue weighted by Gasteiger charge is -2.05. The van der Waals surface area contributed by atoms with Crippen molar-refractivity contribution in [3.05, 3.63) is 46.4 Å². The van der Waals surface area contributed by atoms with Crippen molar-refractivity contribution in [3.63, 3.8) is 0 Å². The number of nitrogens with one attached hydrogen (secondary N) is 1. The zero-order valence-corrected chi connectivity index (χ0v) is 11.4. The van der Waals surface area contributed by atoms with E-state index in [0.29, 0.717) is 23.0 Å². The van der Waals surface area contributed by atoms with Gasteiger partial charge in [0.25, 0.3) is 5.69 Å². The van der Waals surface area contributed by atoms with Gasteiger partial charge in [-0.15, -0.1) is 0 Å². The molecule has 21 heavy (non-hydrogen) atoms. The van der Waals surface area contributed by atoms with Crippen LogP contribution in [0.5, 0.6) is 0 Å². The lowest BCUT2D eigenvalue weighted by molar-refractivity contribution is -0.384. The fraction of sp³-hybridized carbons (Fsp3) is 0.154. The Kier molecular flexibility index (Phi) is 2.98. The van der Waals surface area contributed by atoms with Gasteiger partial charge in [0.15, 0.2) is 5.65 Å². The molecule has 8 heteroatoms. The number of anilines is 1. The predicted molar refractivity (Wildman–Crippen MR) is 77.6 cm³/mol. The Morgan fingerprint density at radius 3 is 2.86 bits per heavy atom. The van der Waals surface area contributed by atoms with Crippen molar-refractivity contribution >= 4 is 22.5 Å². The number of aryl methyl sites for hydroxylation is 1. The molecule has 0 aliphatic carbocycles. The Balaban J connectivity index is 2.24. The molecule has 0 aliphatic heterocycles. The van der Waals surface area contributed by atoms with E-state index in [9.17, 15) is 10.1 Å². The molecule has 0 radical (unpaired) electrons. The molecule has 1 N–H and O–H groups in total. The largest absolute Gasteiger partial charge is 0.372 e. The van der Waals surface area contributed by atoms with Crippen LogP contribution in [-0.2, 0) is 0 Å². The van der Waals surface area contributed by atoms with Crippen LogP contribution in [0.1, 0.15) is 5.82 Å². The number of nitrogens with zero attached hydrogens (tertiary/aromatic N) is 5. The van der Waals surface area contributed by atoms with Gasteiger partial charge >= 0.3 is 0 Å². The molecule has 1 aromatic carbocycles. The zero-order valence-electron chi connectivity index (χ0n) is 11.4. The van der Waals surface area contributed by atoms with E-state index in [1.165, 1.54) is 12.1 Å². The summed E-state index contributed by atoms with van der Waals surface area (Å²) < 4.78 is 1.57. The molecule has 8 nitrogen and oxygen atoms in total. The fourth-order valence-corrected chi connectivity index (χ4v) is 2.13. The summed E-state index contributed by atoms with van der Waals surface area (Å²) in [5, 5.41) is 18.9. The molecule has 3 rings (SSSR count). The van der Waals surface area contributed by atoms with Crippen LogP contribution in [0.25, 0.3) is 16.7 Å². The SMILES string of the molecule is CNc1nc(C)nc2c1cnn2-c1cccc([N+](=O)[O-])c1. The minimum Gasteiger partial charge on any atom is -0.372 e. The Labute approximate surface area is 119 Å². The first-order valence-electron chi connectivity index (χ1n) is 6.25. The van der Waals surface area contributed by atoms with Gasteiger partial charge in [-0.2, -0.15) is 5.10 Å². The number of hydrogen-bond donors (Lipinski definition) is 1. The summed E-state index contributed by atoms with van der Waals surface area (Å²) in [6, 6.07) is 6.27. The van der Waals surface area contributed by atoms with Crippen molar-refractivity contribution < 1.29 is 4.92 Å². The summed E-state index contributed by atoms with van der Waals surface area (Å²) in [5.74, 6) is 1.27. The maximum absolute atomic E-state index is 10.9. The van der Waals surface area contributed by atoms with Crippen molar-refractivity contribution in [1.82, 2.24) is 19.7 Å². The molecule has 0 saturated carbocycles. The molecule has 2 aromatic heterocycles. The number of aromatic nitrogens is 4. The average molecular weight is 284 g/mol. The molecule has 0 aliphatic rings. The molecule has 0 amide bonds. The van der Waals surface area contributed by atoms with Crippen LogP contribution in [0.3, 0.4) is 0 Å². The van der Waals surface area contributed by atoms with E-state index in [4.69, 9.17) is 0 Å². The molecule has 3 aromatic rings. The van der Waals surface area contributed by atoms with Gasteiger partial charge in [-0.05, 0) is 13.0 Å². The third kappa shape index (κ3) is 2.16. The number of non-ortho nitro benzene ring substituents is 1. The molecular weight excluding hydrogens is 272 g/mol. The quantitative estimate of drug-likeness (QED) is 0.584. The van der Waals surface area contributed by atoms with E-state index >= 15 is 0 Å². The fourth-order valence-electron chi connectivity index (χ4n) is 2.13. The Morgan fingerprint density at radius 1 is 1.33 bits per heavy atom. The van der Waals surface area contributed by atoms with Crippen LogP contribution in [0.2, 0.25) is 0 Å². The monoisotopic (exact) mass is 284 g/mol. The maximum Gasteiger partial charge on any atom is 0.271 e. The summed E-state index contributed by atoms with van der Waals surface area (Å²) in [5.41, 5.74) is 1.20. The van der Waals surface area contributed by atoms with Crippen LogP contribution in [0.15, 0.2) is 30.5 Å². The van der Waals surface area contributed by atoms with Gasteiger partial charge in [-0.1, -0.05) is 6.07 Å². The minimum atomic E-state index is -0.436. The van der Waals surface area contributed by atoms with E-state index in [-0.39, 0.29) is 5.69 Å². The molecular formula is C13H12N6O2. The van der Waals surface area contributed by atoms with Crippen LogP contribution in [0, 0.1) is 17.0 Å². The summed E-state index contributed by atoms with van der Waals surface area (Å²) in [7, 11) is 1.77. The molecule has 106 valence electrons. The van der Waals surface area contributed by atoms with Gasteiger partial charge in [0.1, 0.15) is 11.6 Å². The normalized spacial score (nSPS) is 10.8. The summed E-state index contributed by atoms with van der Waals surface area (Å²) in [6.07, 6.45) is 1.64. The third-order valence-corrected chi connectivity index (χ3v) is 3.06. The zero-order chi connectivity index (χ0) is 15.0.